The number of aromatic nitrogens is 5. The first-order valence-corrected chi connectivity index (χ1v) is 8.52. The van der Waals surface area contributed by atoms with Crippen molar-refractivity contribution in [3.8, 4) is 11.4 Å². The van der Waals surface area contributed by atoms with Gasteiger partial charge in [-0.15, -0.1) is 0 Å². The summed E-state index contributed by atoms with van der Waals surface area (Å²) in [4.78, 5) is 25.0. The van der Waals surface area contributed by atoms with Gasteiger partial charge >= 0.3 is 0 Å². The SMILES string of the molecule is N=C(NC(=O)c1cn[nH]c1)C1(c2ccc(-c3cnc(N)cn3)nc2)CCC1. The van der Waals surface area contributed by atoms with E-state index in [9.17, 15) is 4.79 Å². The molecule has 0 atom stereocenters. The van der Waals surface area contributed by atoms with Crippen LogP contribution in [0.15, 0.2) is 43.1 Å². The summed E-state index contributed by atoms with van der Waals surface area (Å²) in [5, 5.41) is 17.5. The Kier molecular flexibility index (Phi) is 4.11. The quantitative estimate of drug-likeness (QED) is 0.410. The van der Waals surface area contributed by atoms with Crippen molar-refractivity contribution < 1.29 is 4.79 Å². The topological polar surface area (TPSA) is 146 Å². The van der Waals surface area contributed by atoms with Crippen molar-refractivity contribution >= 4 is 17.6 Å². The zero-order valence-corrected chi connectivity index (χ0v) is 14.4. The Morgan fingerprint density at radius 1 is 1.11 bits per heavy atom. The van der Waals surface area contributed by atoms with E-state index in [0.717, 1.165) is 24.8 Å². The van der Waals surface area contributed by atoms with Crippen LogP contribution in [0.3, 0.4) is 0 Å². The van der Waals surface area contributed by atoms with Crippen molar-refractivity contribution in [2.75, 3.05) is 5.73 Å². The summed E-state index contributed by atoms with van der Waals surface area (Å²) in [5.41, 5.74) is 7.64. The highest BCUT2D eigenvalue weighted by Gasteiger charge is 2.44. The predicted molar refractivity (Wildman–Crippen MR) is 99.0 cm³/mol. The third-order valence-electron chi connectivity index (χ3n) is 4.93. The van der Waals surface area contributed by atoms with E-state index in [0.29, 0.717) is 22.8 Å². The molecule has 1 aliphatic carbocycles. The minimum atomic E-state index is -0.516. The van der Waals surface area contributed by atoms with Crippen LogP contribution in [0, 0.1) is 5.41 Å². The molecule has 27 heavy (non-hydrogen) atoms. The number of nitrogens with zero attached hydrogens (tertiary/aromatic N) is 4. The third-order valence-corrected chi connectivity index (χ3v) is 4.93. The molecule has 0 spiro atoms. The van der Waals surface area contributed by atoms with Gasteiger partial charge < -0.3 is 11.1 Å². The molecule has 0 saturated heterocycles. The van der Waals surface area contributed by atoms with Crippen molar-refractivity contribution in [2.24, 2.45) is 0 Å². The van der Waals surface area contributed by atoms with Crippen LogP contribution in [0.2, 0.25) is 0 Å². The smallest absolute Gasteiger partial charge is 0.259 e. The number of nitrogen functional groups attached to an aromatic ring is 1. The lowest BCUT2D eigenvalue weighted by Crippen LogP contribution is -2.50. The van der Waals surface area contributed by atoms with E-state index in [1.54, 1.807) is 12.4 Å². The number of pyridine rings is 1. The van der Waals surface area contributed by atoms with Crippen LogP contribution in [0.5, 0.6) is 0 Å². The fourth-order valence-corrected chi connectivity index (χ4v) is 3.19. The summed E-state index contributed by atoms with van der Waals surface area (Å²) < 4.78 is 0. The number of carbonyl (C=O) groups is 1. The fraction of sp³-hybridized carbons (Fsp3) is 0.222. The number of hydrogen-bond donors (Lipinski definition) is 4. The first-order valence-electron chi connectivity index (χ1n) is 8.52. The fourth-order valence-electron chi connectivity index (χ4n) is 3.19. The molecule has 9 nitrogen and oxygen atoms in total. The van der Waals surface area contributed by atoms with Gasteiger partial charge in [-0.3, -0.25) is 20.3 Å². The van der Waals surface area contributed by atoms with E-state index in [2.05, 4.69) is 30.5 Å². The molecule has 136 valence electrons. The first kappa shape index (κ1) is 16.8. The molecule has 3 heterocycles. The first-order chi connectivity index (χ1) is 13.1. The molecule has 1 amide bonds. The van der Waals surface area contributed by atoms with Crippen molar-refractivity contribution in [1.29, 1.82) is 5.41 Å². The molecule has 1 saturated carbocycles. The average Bonchev–Trinajstić information content (AvgIpc) is 3.17. The van der Waals surface area contributed by atoms with Gasteiger partial charge in [0, 0.05) is 12.4 Å². The van der Waals surface area contributed by atoms with Crippen molar-refractivity contribution in [1.82, 2.24) is 30.5 Å². The van der Waals surface area contributed by atoms with Gasteiger partial charge in [-0.25, -0.2) is 9.97 Å². The highest BCUT2D eigenvalue weighted by Crippen LogP contribution is 2.44. The Labute approximate surface area is 155 Å². The van der Waals surface area contributed by atoms with Gasteiger partial charge in [0.15, 0.2) is 0 Å². The lowest BCUT2D eigenvalue weighted by molar-refractivity contribution is 0.0972. The van der Waals surface area contributed by atoms with Crippen LogP contribution < -0.4 is 11.1 Å². The van der Waals surface area contributed by atoms with Crippen LogP contribution in [-0.2, 0) is 5.41 Å². The molecule has 0 aromatic carbocycles. The lowest BCUT2D eigenvalue weighted by atomic mass is 9.64. The number of H-pyrrole nitrogens is 1. The molecular formula is C18H18N8O. The highest BCUT2D eigenvalue weighted by atomic mass is 16.1. The maximum absolute atomic E-state index is 12.2. The van der Waals surface area contributed by atoms with Crippen molar-refractivity contribution in [3.63, 3.8) is 0 Å². The third kappa shape index (κ3) is 3.03. The van der Waals surface area contributed by atoms with Crippen LogP contribution in [0.1, 0.15) is 35.2 Å². The number of amidine groups is 1. The van der Waals surface area contributed by atoms with Crippen LogP contribution in [0.25, 0.3) is 11.4 Å². The Hall–Kier alpha value is -3.62. The summed E-state index contributed by atoms with van der Waals surface area (Å²) in [6, 6.07) is 3.78. The van der Waals surface area contributed by atoms with E-state index < -0.39 is 5.41 Å². The van der Waals surface area contributed by atoms with Crippen LogP contribution in [-0.4, -0.2) is 36.9 Å². The van der Waals surface area contributed by atoms with Crippen LogP contribution in [0.4, 0.5) is 5.82 Å². The molecule has 3 aromatic heterocycles. The minimum absolute atomic E-state index is 0.182. The Balaban J connectivity index is 1.55. The lowest BCUT2D eigenvalue weighted by Gasteiger charge is -2.42. The van der Waals surface area contributed by atoms with Gasteiger partial charge in [-0.1, -0.05) is 12.5 Å². The zero-order valence-electron chi connectivity index (χ0n) is 14.4. The zero-order chi connectivity index (χ0) is 18.9. The maximum Gasteiger partial charge on any atom is 0.259 e. The summed E-state index contributed by atoms with van der Waals surface area (Å²) >= 11 is 0. The van der Waals surface area contributed by atoms with Gasteiger partial charge in [-0.05, 0) is 24.5 Å². The molecule has 0 unspecified atom stereocenters. The standard InChI is InChI=1S/C18H18N8O/c19-15-10-22-14(9-23-15)13-3-2-12(8-21-13)18(4-1-5-18)17(20)26-16(27)11-6-24-25-7-11/h2-3,6-10H,1,4-5H2,(H2,19,23)(H,24,25)(H2,20,26,27). The number of nitrogens with one attached hydrogen (secondary N) is 3. The number of anilines is 1. The number of aromatic amines is 1. The molecule has 0 bridgehead atoms. The van der Waals surface area contributed by atoms with Gasteiger partial charge in [0.25, 0.3) is 5.91 Å². The maximum atomic E-state index is 12.2. The second kappa shape index (κ2) is 6.60. The Morgan fingerprint density at radius 3 is 2.48 bits per heavy atom. The number of rotatable bonds is 4. The van der Waals surface area contributed by atoms with Crippen LogP contribution >= 0.6 is 0 Å². The monoisotopic (exact) mass is 362 g/mol. The molecule has 4 rings (SSSR count). The predicted octanol–water partition coefficient (Wildman–Crippen LogP) is 1.67. The Morgan fingerprint density at radius 2 is 1.93 bits per heavy atom. The molecule has 9 heteroatoms. The summed E-state index contributed by atoms with van der Waals surface area (Å²) in [6.45, 7) is 0. The van der Waals surface area contributed by atoms with Crippen molar-refractivity contribution in [2.45, 2.75) is 24.7 Å². The molecule has 1 aliphatic rings. The molecular weight excluding hydrogens is 344 g/mol. The minimum Gasteiger partial charge on any atom is -0.382 e. The molecule has 3 aromatic rings. The largest absolute Gasteiger partial charge is 0.382 e. The van der Waals surface area contributed by atoms with Gasteiger partial charge in [0.2, 0.25) is 0 Å². The van der Waals surface area contributed by atoms with E-state index in [-0.39, 0.29) is 11.7 Å². The van der Waals surface area contributed by atoms with E-state index in [1.165, 1.54) is 18.6 Å². The summed E-state index contributed by atoms with van der Waals surface area (Å²) in [6.07, 6.45) is 10.3. The average molecular weight is 362 g/mol. The highest BCUT2D eigenvalue weighted by molar-refractivity contribution is 6.08. The summed E-state index contributed by atoms with van der Waals surface area (Å²) in [5.74, 6) is 0.189. The van der Waals surface area contributed by atoms with E-state index in [1.807, 2.05) is 12.1 Å². The molecule has 0 radical (unpaired) electrons. The normalized spacial score (nSPS) is 15.0. The van der Waals surface area contributed by atoms with E-state index in [4.69, 9.17) is 11.1 Å². The second-order valence-electron chi connectivity index (χ2n) is 6.51. The van der Waals surface area contributed by atoms with Gasteiger partial charge in [0.05, 0.1) is 35.3 Å². The molecule has 0 aliphatic heterocycles. The summed E-state index contributed by atoms with van der Waals surface area (Å²) in [7, 11) is 0. The number of hydrogen-bond acceptors (Lipinski definition) is 7. The van der Waals surface area contributed by atoms with Crippen molar-refractivity contribution in [3.05, 3.63) is 54.2 Å². The molecule has 5 N–H and O–H groups in total. The number of amides is 1. The number of nitrogens with two attached hydrogens (primary N) is 1. The van der Waals surface area contributed by atoms with Gasteiger partial charge in [-0.2, -0.15) is 5.10 Å². The van der Waals surface area contributed by atoms with Gasteiger partial charge in [0.1, 0.15) is 17.3 Å². The molecule has 1 fully saturated rings. The number of carbonyl (C=O) groups excluding carboxylic acids is 1. The Bertz CT molecular complexity index is 960. The second-order valence-corrected chi connectivity index (χ2v) is 6.51. The van der Waals surface area contributed by atoms with E-state index >= 15 is 0 Å².